The Kier molecular flexibility index (Phi) is 2.50. The van der Waals surface area contributed by atoms with Gasteiger partial charge in [-0.1, -0.05) is 0 Å². The van der Waals surface area contributed by atoms with Crippen molar-refractivity contribution in [3.63, 3.8) is 0 Å². The van der Waals surface area contributed by atoms with Crippen LogP contribution in [-0.4, -0.2) is 24.1 Å². The van der Waals surface area contributed by atoms with Gasteiger partial charge < -0.3 is 15.1 Å². The zero-order chi connectivity index (χ0) is 10.8. The Labute approximate surface area is 94.0 Å². The van der Waals surface area contributed by atoms with E-state index < -0.39 is 0 Å². The molecule has 0 amide bonds. The molecule has 4 nitrogen and oxygen atoms in total. The average Bonchev–Trinajstić information content (AvgIpc) is 2.80. The molecule has 1 unspecified atom stereocenters. The summed E-state index contributed by atoms with van der Waals surface area (Å²) in [5.41, 5.74) is 1.82. The smallest absolute Gasteiger partial charge is 0.227 e. The van der Waals surface area contributed by atoms with E-state index in [4.69, 9.17) is 4.42 Å². The maximum Gasteiger partial charge on any atom is 0.227 e. The molecule has 2 aromatic heterocycles. The van der Waals surface area contributed by atoms with Gasteiger partial charge in [0.15, 0.2) is 0 Å². The van der Waals surface area contributed by atoms with Crippen LogP contribution in [0.4, 0.5) is 5.69 Å². The molecule has 1 fully saturated rings. The molecule has 0 saturated carbocycles. The van der Waals surface area contributed by atoms with Gasteiger partial charge in [0.2, 0.25) is 5.71 Å². The van der Waals surface area contributed by atoms with E-state index in [1.165, 1.54) is 12.8 Å². The maximum absolute atomic E-state index is 5.28. The predicted molar refractivity (Wildman–Crippen MR) is 63.5 cm³/mol. The second kappa shape index (κ2) is 4.14. The first-order valence-corrected chi connectivity index (χ1v) is 5.73. The van der Waals surface area contributed by atoms with Crippen molar-refractivity contribution in [2.45, 2.75) is 18.9 Å². The van der Waals surface area contributed by atoms with E-state index in [1.807, 2.05) is 12.1 Å². The number of pyridine rings is 1. The van der Waals surface area contributed by atoms with Crippen LogP contribution in [0.3, 0.4) is 0 Å². The van der Waals surface area contributed by atoms with Crippen LogP contribution in [0.5, 0.6) is 0 Å². The number of hydrogen-bond donors (Lipinski definition) is 2. The molecule has 3 heterocycles. The van der Waals surface area contributed by atoms with Crippen LogP contribution in [0.2, 0.25) is 0 Å². The van der Waals surface area contributed by atoms with E-state index in [1.54, 1.807) is 12.5 Å². The molecular formula is C12H15N3O. The topological polar surface area (TPSA) is 50.1 Å². The Balaban J connectivity index is 1.85. The molecule has 3 rings (SSSR count). The molecule has 0 spiro atoms. The van der Waals surface area contributed by atoms with Crippen LogP contribution in [0.25, 0.3) is 11.1 Å². The van der Waals surface area contributed by atoms with Crippen molar-refractivity contribution >= 4 is 16.8 Å². The second-order valence-corrected chi connectivity index (χ2v) is 4.19. The van der Waals surface area contributed by atoms with Gasteiger partial charge in [0, 0.05) is 24.5 Å². The number of aromatic nitrogens is 1. The molecule has 84 valence electrons. The summed E-state index contributed by atoms with van der Waals surface area (Å²) in [6, 6.07) is 4.47. The minimum atomic E-state index is 0.509. The predicted octanol–water partition coefficient (Wildman–Crippen LogP) is 1.99. The van der Waals surface area contributed by atoms with Gasteiger partial charge in [-0.15, -0.1) is 0 Å². The van der Waals surface area contributed by atoms with Gasteiger partial charge in [-0.3, -0.25) is 0 Å². The fraction of sp³-hybridized carbons (Fsp3) is 0.417. The van der Waals surface area contributed by atoms with Gasteiger partial charge in [-0.2, -0.15) is 0 Å². The van der Waals surface area contributed by atoms with Crippen molar-refractivity contribution in [2.24, 2.45) is 0 Å². The summed E-state index contributed by atoms with van der Waals surface area (Å²) in [5.74, 6) is 0. The summed E-state index contributed by atoms with van der Waals surface area (Å²) < 4.78 is 5.28. The summed E-state index contributed by atoms with van der Waals surface area (Å²) >= 11 is 0. The van der Waals surface area contributed by atoms with Crippen LogP contribution in [-0.2, 0) is 0 Å². The molecule has 2 N–H and O–H groups in total. The number of piperidine rings is 1. The van der Waals surface area contributed by atoms with E-state index in [2.05, 4.69) is 15.6 Å². The lowest BCUT2D eigenvalue weighted by atomic mass is 10.1. The molecule has 0 aliphatic carbocycles. The first-order chi connectivity index (χ1) is 7.93. The molecule has 1 saturated heterocycles. The van der Waals surface area contributed by atoms with Gasteiger partial charge in [0.25, 0.3) is 0 Å². The summed E-state index contributed by atoms with van der Waals surface area (Å²) in [7, 11) is 0. The lowest BCUT2D eigenvalue weighted by molar-refractivity contribution is 0.480. The van der Waals surface area contributed by atoms with E-state index in [-0.39, 0.29) is 0 Å². The highest BCUT2D eigenvalue weighted by Crippen LogP contribution is 2.23. The Hall–Kier alpha value is -1.55. The van der Waals surface area contributed by atoms with Gasteiger partial charge >= 0.3 is 0 Å². The standard InChI is InChI=1S/C12H15N3O/c1-2-9(8-13-5-1)15-11-3-6-14-12-10(11)4-7-16-12/h3-4,6-7,9,13H,1-2,5,8H2,(H,14,15). The number of nitrogens with zero attached hydrogens (tertiary/aromatic N) is 1. The van der Waals surface area contributed by atoms with Crippen molar-refractivity contribution in [2.75, 3.05) is 18.4 Å². The third kappa shape index (κ3) is 1.76. The largest absolute Gasteiger partial charge is 0.446 e. The van der Waals surface area contributed by atoms with Crippen LogP contribution >= 0.6 is 0 Å². The lowest BCUT2D eigenvalue weighted by Crippen LogP contribution is -2.38. The molecule has 0 radical (unpaired) electrons. The quantitative estimate of drug-likeness (QED) is 0.807. The van der Waals surface area contributed by atoms with E-state index in [9.17, 15) is 0 Å². The van der Waals surface area contributed by atoms with Crippen molar-refractivity contribution in [1.82, 2.24) is 10.3 Å². The summed E-state index contributed by atoms with van der Waals surface area (Å²) in [6.07, 6.45) is 5.92. The van der Waals surface area contributed by atoms with Crippen LogP contribution in [0.15, 0.2) is 29.0 Å². The van der Waals surface area contributed by atoms with Crippen molar-refractivity contribution in [1.29, 1.82) is 0 Å². The summed E-state index contributed by atoms with van der Waals surface area (Å²) in [5, 5.41) is 8.01. The highest BCUT2D eigenvalue weighted by Gasteiger charge is 2.14. The summed E-state index contributed by atoms with van der Waals surface area (Å²) in [4.78, 5) is 4.17. The number of hydrogen-bond acceptors (Lipinski definition) is 4. The Bertz CT molecular complexity index is 474. The van der Waals surface area contributed by atoms with Crippen molar-refractivity contribution in [3.05, 3.63) is 24.6 Å². The number of fused-ring (bicyclic) bond motifs is 1. The third-order valence-corrected chi connectivity index (χ3v) is 3.02. The van der Waals surface area contributed by atoms with Crippen LogP contribution in [0.1, 0.15) is 12.8 Å². The molecule has 4 heteroatoms. The minimum absolute atomic E-state index is 0.509. The SMILES string of the molecule is c1cc(NC2CCCNC2)c2ccoc2n1. The highest BCUT2D eigenvalue weighted by molar-refractivity contribution is 5.87. The first kappa shape index (κ1) is 9.66. The first-order valence-electron chi connectivity index (χ1n) is 5.73. The number of nitrogens with one attached hydrogen (secondary N) is 2. The number of furan rings is 1. The summed E-state index contributed by atoms with van der Waals surface area (Å²) in [6.45, 7) is 2.16. The van der Waals surface area contributed by atoms with E-state index in [0.29, 0.717) is 11.8 Å². The minimum Gasteiger partial charge on any atom is -0.446 e. The highest BCUT2D eigenvalue weighted by atomic mass is 16.3. The Morgan fingerprint density at radius 2 is 2.44 bits per heavy atom. The van der Waals surface area contributed by atoms with E-state index >= 15 is 0 Å². The fourth-order valence-corrected chi connectivity index (χ4v) is 2.20. The molecule has 0 bridgehead atoms. The van der Waals surface area contributed by atoms with Gasteiger partial charge in [0.05, 0.1) is 11.6 Å². The van der Waals surface area contributed by atoms with Crippen molar-refractivity contribution < 1.29 is 4.42 Å². The van der Waals surface area contributed by atoms with Crippen LogP contribution < -0.4 is 10.6 Å². The molecule has 2 aromatic rings. The molecule has 16 heavy (non-hydrogen) atoms. The molecule has 0 aromatic carbocycles. The lowest BCUT2D eigenvalue weighted by Gasteiger charge is -2.24. The maximum atomic E-state index is 5.28. The fourth-order valence-electron chi connectivity index (χ4n) is 2.20. The Morgan fingerprint density at radius 1 is 1.44 bits per heavy atom. The van der Waals surface area contributed by atoms with Gasteiger partial charge in [0.1, 0.15) is 0 Å². The third-order valence-electron chi connectivity index (χ3n) is 3.02. The van der Waals surface area contributed by atoms with Gasteiger partial charge in [-0.05, 0) is 31.5 Å². The Morgan fingerprint density at radius 3 is 3.31 bits per heavy atom. The zero-order valence-electron chi connectivity index (χ0n) is 9.07. The molecule has 1 aliphatic rings. The molecular weight excluding hydrogens is 202 g/mol. The monoisotopic (exact) mass is 217 g/mol. The molecule has 1 atom stereocenters. The van der Waals surface area contributed by atoms with Gasteiger partial charge in [-0.25, -0.2) is 4.98 Å². The average molecular weight is 217 g/mol. The number of anilines is 1. The van der Waals surface area contributed by atoms with E-state index in [0.717, 1.165) is 24.2 Å². The van der Waals surface area contributed by atoms with Crippen molar-refractivity contribution in [3.8, 4) is 0 Å². The second-order valence-electron chi connectivity index (χ2n) is 4.19. The number of rotatable bonds is 2. The zero-order valence-corrected chi connectivity index (χ0v) is 9.07. The van der Waals surface area contributed by atoms with Crippen LogP contribution in [0, 0.1) is 0 Å². The molecule has 1 aliphatic heterocycles. The normalized spacial score (nSPS) is 21.1.